The Morgan fingerprint density at radius 1 is 1.26 bits per heavy atom. The fourth-order valence-corrected chi connectivity index (χ4v) is 1.79. The third-order valence-electron chi connectivity index (χ3n) is 2.85. The monoisotopic (exact) mass is 275 g/mol. The molecule has 1 aliphatic heterocycles. The highest BCUT2D eigenvalue weighted by Gasteiger charge is 2.38. The van der Waals surface area contributed by atoms with Crippen molar-refractivity contribution in [3.63, 3.8) is 0 Å². The largest absolute Gasteiger partial charge is 0.462 e. The summed E-state index contributed by atoms with van der Waals surface area (Å²) in [5.41, 5.74) is -2.09. The van der Waals surface area contributed by atoms with E-state index in [1.165, 1.54) is 11.8 Å². The Morgan fingerprint density at radius 3 is 2.21 bits per heavy atom. The molecule has 0 N–H and O–H groups in total. The summed E-state index contributed by atoms with van der Waals surface area (Å²) in [7, 11) is 0. The van der Waals surface area contributed by atoms with Crippen LogP contribution in [0.15, 0.2) is 0 Å². The number of amides is 1. The van der Waals surface area contributed by atoms with Crippen LogP contribution in [-0.2, 0) is 14.3 Å². The van der Waals surface area contributed by atoms with Gasteiger partial charge < -0.3 is 14.4 Å². The number of carbonyl (C=O) groups excluding carboxylic acids is 2. The average molecular weight is 275 g/mol. The first-order valence-corrected chi connectivity index (χ1v) is 6.42. The number of piperidine rings is 1. The molecule has 1 heterocycles. The predicted molar refractivity (Wildman–Crippen MR) is 67.5 cm³/mol. The van der Waals surface area contributed by atoms with Crippen LogP contribution < -0.4 is 0 Å². The lowest BCUT2D eigenvalue weighted by Crippen LogP contribution is -2.48. The minimum absolute atomic E-state index is 0.152. The fraction of sp³-hybridized carbons (Fsp3) is 0.846. The van der Waals surface area contributed by atoms with E-state index in [0.29, 0.717) is 0 Å². The second-order valence-corrected chi connectivity index (χ2v) is 5.90. The van der Waals surface area contributed by atoms with Gasteiger partial charge in [0.2, 0.25) is 0 Å². The summed E-state index contributed by atoms with van der Waals surface area (Å²) in [6.07, 6.45) is -0.124. The Bertz CT molecular complexity index is 343. The van der Waals surface area contributed by atoms with Crippen LogP contribution in [0.3, 0.4) is 0 Å². The Balaban J connectivity index is 2.44. The minimum atomic E-state index is -1.54. The molecule has 0 atom stereocenters. The molecule has 0 aromatic carbocycles. The molecule has 1 rings (SSSR count). The van der Waals surface area contributed by atoms with E-state index >= 15 is 0 Å². The van der Waals surface area contributed by atoms with Crippen molar-refractivity contribution in [3.05, 3.63) is 0 Å². The molecule has 0 aromatic heterocycles. The number of ether oxygens (including phenoxy) is 2. The summed E-state index contributed by atoms with van der Waals surface area (Å²) in [6.45, 7) is 6.90. The molecular weight excluding hydrogens is 253 g/mol. The summed E-state index contributed by atoms with van der Waals surface area (Å²) in [5.74, 6) is -0.494. The molecule has 0 radical (unpaired) electrons. The number of rotatable bonds is 2. The SMILES string of the molecule is CC(=O)OCC1(F)CCN(C(=O)OC(C)(C)C)CC1. The Morgan fingerprint density at radius 2 is 1.79 bits per heavy atom. The van der Waals surface area contributed by atoms with Gasteiger partial charge in [0.15, 0.2) is 0 Å². The van der Waals surface area contributed by atoms with Gasteiger partial charge in [0, 0.05) is 32.9 Å². The third kappa shape index (κ3) is 5.44. The zero-order valence-corrected chi connectivity index (χ0v) is 12.0. The highest BCUT2D eigenvalue weighted by atomic mass is 19.1. The highest BCUT2D eigenvalue weighted by molar-refractivity contribution is 5.68. The van der Waals surface area contributed by atoms with E-state index in [1.807, 2.05) is 0 Å². The first-order valence-electron chi connectivity index (χ1n) is 6.42. The lowest BCUT2D eigenvalue weighted by Gasteiger charge is -2.36. The molecule has 0 spiro atoms. The lowest BCUT2D eigenvalue weighted by atomic mass is 9.94. The molecule has 110 valence electrons. The quantitative estimate of drug-likeness (QED) is 0.726. The number of nitrogens with zero attached hydrogens (tertiary/aromatic N) is 1. The van der Waals surface area contributed by atoms with Crippen LogP contribution in [0.5, 0.6) is 0 Å². The van der Waals surface area contributed by atoms with Crippen LogP contribution in [-0.4, -0.2) is 47.9 Å². The molecule has 1 saturated heterocycles. The second-order valence-electron chi connectivity index (χ2n) is 5.90. The predicted octanol–water partition coefficient (Wildman–Crippen LogP) is 2.29. The molecular formula is C13H22FNO4. The van der Waals surface area contributed by atoms with Crippen molar-refractivity contribution in [2.24, 2.45) is 0 Å². The number of alkyl halides is 1. The van der Waals surface area contributed by atoms with Gasteiger partial charge in [0.05, 0.1) is 0 Å². The maximum Gasteiger partial charge on any atom is 0.410 e. The Hall–Kier alpha value is -1.33. The van der Waals surface area contributed by atoms with Crippen LogP contribution >= 0.6 is 0 Å². The van der Waals surface area contributed by atoms with Gasteiger partial charge in [0.1, 0.15) is 17.9 Å². The van der Waals surface area contributed by atoms with E-state index in [-0.39, 0.29) is 32.5 Å². The topological polar surface area (TPSA) is 55.8 Å². The van der Waals surface area contributed by atoms with Crippen molar-refractivity contribution < 1.29 is 23.5 Å². The van der Waals surface area contributed by atoms with Gasteiger partial charge in [-0.05, 0) is 20.8 Å². The van der Waals surface area contributed by atoms with Crippen molar-refractivity contribution in [2.45, 2.75) is 51.8 Å². The van der Waals surface area contributed by atoms with E-state index in [9.17, 15) is 14.0 Å². The van der Waals surface area contributed by atoms with Crippen molar-refractivity contribution in [1.82, 2.24) is 4.90 Å². The number of likely N-dealkylation sites (tertiary alicyclic amines) is 1. The van der Waals surface area contributed by atoms with E-state index in [2.05, 4.69) is 0 Å². The van der Waals surface area contributed by atoms with Gasteiger partial charge >= 0.3 is 12.1 Å². The first-order chi connectivity index (χ1) is 8.61. The number of halogens is 1. The van der Waals surface area contributed by atoms with E-state index in [0.717, 1.165) is 0 Å². The van der Waals surface area contributed by atoms with E-state index in [4.69, 9.17) is 9.47 Å². The van der Waals surface area contributed by atoms with Gasteiger partial charge in [-0.2, -0.15) is 0 Å². The zero-order valence-electron chi connectivity index (χ0n) is 12.0. The maximum absolute atomic E-state index is 14.3. The minimum Gasteiger partial charge on any atom is -0.462 e. The van der Waals surface area contributed by atoms with Crippen molar-refractivity contribution in [2.75, 3.05) is 19.7 Å². The molecule has 0 saturated carbocycles. The van der Waals surface area contributed by atoms with Gasteiger partial charge in [0.25, 0.3) is 0 Å². The Kier molecular flexibility index (Phi) is 4.76. The molecule has 0 aromatic rings. The molecule has 1 amide bonds. The fourth-order valence-electron chi connectivity index (χ4n) is 1.79. The van der Waals surface area contributed by atoms with Crippen LogP contribution in [0.25, 0.3) is 0 Å². The van der Waals surface area contributed by atoms with Gasteiger partial charge in [-0.25, -0.2) is 9.18 Å². The Labute approximate surface area is 113 Å². The number of carbonyl (C=O) groups is 2. The number of esters is 1. The number of hydrogen-bond acceptors (Lipinski definition) is 4. The molecule has 6 heteroatoms. The molecule has 0 bridgehead atoms. The molecule has 1 fully saturated rings. The summed E-state index contributed by atoms with van der Waals surface area (Å²) >= 11 is 0. The van der Waals surface area contributed by atoms with Gasteiger partial charge in [-0.3, -0.25) is 4.79 Å². The van der Waals surface area contributed by atoms with Crippen molar-refractivity contribution in [3.8, 4) is 0 Å². The maximum atomic E-state index is 14.3. The van der Waals surface area contributed by atoms with Crippen LogP contribution in [0.2, 0.25) is 0 Å². The van der Waals surface area contributed by atoms with Gasteiger partial charge in [-0.1, -0.05) is 0 Å². The standard InChI is InChI=1S/C13H22FNO4/c1-10(16)18-9-13(14)5-7-15(8-6-13)11(17)19-12(2,3)4/h5-9H2,1-4H3. The molecule has 5 nitrogen and oxygen atoms in total. The van der Waals surface area contributed by atoms with Crippen LogP contribution in [0.4, 0.5) is 9.18 Å². The zero-order chi connectivity index (χ0) is 14.7. The molecule has 1 aliphatic rings. The van der Waals surface area contributed by atoms with Crippen molar-refractivity contribution in [1.29, 1.82) is 0 Å². The van der Waals surface area contributed by atoms with E-state index in [1.54, 1.807) is 20.8 Å². The first kappa shape index (κ1) is 15.7. The van der Waals surface area contributed by atoms with Crippen LogP contribution in [0, 0.1) is 0 Å². The normalized spacial score (nSPS) is 18.9. The van der Waals surface area contributed by atoms with Crippen molar-refractivity contribution >= 4 is 12.1 Å². The molecule has 0 aliphatic carbocycles. The third-order valence-corrected chi connectivity index (χ3v) is 2.85. The second kappa shape index (κ2) is 5.75. The van der Waals surface area contributed by atoms with Gasteiger partial charge in [-0.15, -0.1) is 0 Å². The summed E-state index contributed by atoms with van der Waals surface area (Å²) in [6, 6.07) is 0. The highest BCUT2D eigenvalue weighted by Crippen LogP contribution is 2.27. The van der Waals surface area contributed by atoms with Crippen LogP contribution in [0.1, 0.15) is 40.5 Å². The summed E-state index contributed by atoms with van der Waals surface area (Å²) < 4.78 is 24.2. The number of hydrogen-bond donors (Lipinski definition) is 0. The lowest BCUT2D eigenvalue weighted by molar-refractivity contribution is -0.146. The smallest absolute Gasteiger partial charge is 0.410 e. The molecule has 19 heavy (non-hydrogen) atoms. The molecule has 0 unspecified atom stereocenters. The van der Waals surface area contributed by atoms with E-state index < -0.39 is 23.3 Å². The summed E-state index contributed by atoms with van der Waals surface area (Å²) in [4.78, 5) is 24.0. The summed E-state index contributed by atoms with van der Waals surface area (Å²) in [5, 5.41) is 0. The average Bonchev–Trinajstić information content (AvgIpc) is 2.25.